The number of piperidine rings is 3. The van der Waals surface area contributed by atoms with Gasteiger partial charge in [0.1, 0.15) is 0 Å². The number of hydrogen-bond acceptors (Lipinski definition) is 3. The molecule has 0 unspecified atom stereocenters. The van der Waals surface area contributed by atoms with Gasteiger partial charge in [0, 0.05) is 0 Å². The summed E-state index contributed by atoms with van der Waals surface area (Å²) in [5, 5.41) is 5.10. The van der Waals surface area contributed by atoms with Gasteiger partial charge in [-0.15, -0.1) is 12.4 Å². The van der Waals surface area contributed by atoms with Crippen LogP contribution in [0.5, 0.6) is 0 Å². The van der Waals surface area contributed by atoms with Crippen LogP contribution in [-0.2, 0) is 10.0 Å². The first kappa shape index (κ1) is 12.2. The highest BCUT2D eigenvalue weighted by molar-refractivity contribution is 7.89. The van der Waals surface area contributed by atoms with Gasteiger partial charge < -0.3 is 4.90 Å². The smallest absolute Gasteiger partial charge is 0.209 e. The predicted molar refractivity (Wildman–Crippen MR) is 57.9 cm³/mol. The molecule has 4 nitrogen and oxygen atoms in total. The first-order chi connectivity index (χ1) is 5.99. The number of sulfonamides is 1. The molecule has 0 aromatic heterocycles. The molecular weight excluding hydrogens is 224 g/mol. The van der Waals surface area contributed by atoms with E-state index in [1.807, 2.05) is 0 Å². The van der Waals surface area contributed by atoms with Crippen LogP contribution >= 0.6 is 12.4 Å². The molecule has 0 aliphatic carbocycles. The summed E-state index contributed by atoms with van der Waals surface area (Å²) in [5.41, 5.74) is 0.0162. The van der Waals surface area contributed by atoms with E-state index < -0.39 is 10.0 Å². The standard InChI is InChI=1S/C8H16N2O2S.ClH/c9-13(11,12)7-8-1-4-10(5-2-8)6-3-8;/h1-7H2,(H2,9,11,12);1H. The quantitative estimate of drug-likeness (QED) is 0.749. The lowest BCUT2D eigenvalue weighted by atomic mass is 9.74. The average Bonchev–Trinajstić information content (AvgIpc) is 2.03. The molecule has 2 N–H and O–H groups in total. The molecule has 2 bridgehead atoms. The summed E-state index contributed by atoms with van der Waals surface area (Å²) in [4.78, 5) is 2.39. The van der Waals surface area contributed by atoms with Crippen LogP contribution in [0, 0.1) is 5.41 Å². The topological polar surface area (TPSA) is 63.4 Å². The number of primary sulfonamides is 1. The van der Waals surface area contributed by atoms with E-state index >= 15 is 0 Å². The third-order valence-electron chi connectivity index (χ3n) is 3.38. The van der Waals surface area contributed by atoms with E-state index in [1.54, 1.807) is 0 Å². The van der Waals surface area contributed by atoms with Crippen molar-refractivity contribution in [3.8, 4) is 0 Å². The Bertz CT molecular complexity index is 283. The molecule has 6 heteroatoms. The minimum atomic E-state index is -3.29. The zero-order chi connectivity index (χ0) is 9.53. The Hall–Kier alpha value is 0.160. The summed E-state index contributed by atoms with van der Waals surface area (Å²) in [6.45, 7) is 3.15. The molecule has 3 rings (SSSR count). The normalized spacial score (nSPS) is 36.5. The van der Waals surface area contributed by atoms with E-state index in [-0.39, 0.29) is 23.6 Å². The van der Waals surface area contributed by atoms with Crippen LogP contribution in [0.4, 0.5) is 0 Å². The maximum atomic E-state index is 11.0. The third-order valence-corrected chi connectivity index (χ3v) is 4.40. The molecule has 3 heterocycles. The summed E-state index contributed by atoms with van der Waals surface area (Å²) in [6, 6.07) is 0. The summed E-state index contributed by atoms with van der Waals surface area (Å²) in [6.07, 6.45) is 3.01. The number of rotatable bonds is 2. The van der Waals surface area contributed by atoms with E-state index in [1.165, 1.54) is 0 Å². The number of halogens is 1. The van der Waals surface area contributed by atoms with Crippen molar-refractivity contribution < 1.29 is 8.42 Å². The van der Waals surface area contributed by atoms with Crippen LogP contribution in [0.2, 0.25) is 0 Å². The number of hydrogen-bond donors (Lipinski definition) is 1. The van der Waals surface area contributed by atoms with Crippen molar-refractivity contribution in [1.29, 1.82) is 0 Å². The van der Waals surface area contributed by atoms with E-state index in [9.17, 15) is 8.42 Å². The maximum Gasteiger partial charge on any atom is 0.209 e. The highest BCUT2D eigenvalue weighted by atomic mass is 35.5. The Morgan fingerprint density at radius 3 is 1.93 bits per heavy atom. The van der Waals surface area contributed by atoms with Crippen LogP contribution in [-0.4, -0.2) is 38.7 Å². The van der Waals surface area contributed by atoms with Crippen LogP contribution in [0.3, 0.4) is 0 Å². The Morgan fingerprint density at radius 1 is 1.14 bits per heavy atom. The van der Waals surface area contributed by atoms with E-state index in [0.29, 0.717) is 0 Å². The van der Waals surface area contributed by atoms with Gasteiger partial charge in [0.05, 0.1) is 5.75 Å². The van der Waals surface area contributed by atoms with Gasteiger partial charge in [-0.05, 0) is 44.3 Å². The molecule has 0 atom stereocenters. The molecule has 14 heavy (non-hydrogen) atoms. The Kier molecular flexibility index (Phi) is 3.46. The predicted octanol–water partition coefficient (Wildman–Crippen LogP) is 0.183. The number of fused-ring (bicyclic) bond motifs is 3. The van der Waals surface area contributed by atoms with Crippen molar-refractivity contribution in [2.75, 3.05) is 25.4 Å². The Balaban J connectivity index is 0.000000980. The molecule has 3 aliphatic heterocycles. The molecule has 84 valence electrons. The van der Waals surface area contributed by atoms with Gasteiger partial charge in [-0.2, -0.15) is 0 Å². The summed E-state index contributed by atoms with van der Waals surface area (Å²) in [5.74, 6) is 0.188. The van der Waals surface area contributed by atoms with Crippen LogP contribution < -0.4 is 5.14 Å². The van der Waals surface area contributed by atoms with Crippen molar-refractivity contribution in [2.24, 2.45) is 10.6 Å². The molecule has 0 aromatic carbocycles. The highest BCUT2D eigenvalue weighted by Gasteiger charge is 2.41. The molecule has 0 aromatic rings. The maximum absolute atomic E-state index is 11.0. The minimum absolute atomic E-state index is 0. The van der Waals surface area contributed by atoms with Gasteiger partial charge in [-0.25, -0.2) is 13.6 Å². The fourth-order valence-corrected chi connectivity index (χ4v) is 3.83. The molecule has 3 saturated heterocycles. The van der Waals surface area contributed by atoms with Gasteiger partial charge in [-0.1, -0.05) is 0 Å². The van der Waals surface area contributed by atoms with Crippen molar-refractivity contribution in [3.63, 3.8) is 0 Å². The van der Waals surface area contributed by atoms with Crippen LogP contribution in [0.25, 0.3) is 0 Å². The second-order valence-electron chi connectivity index (χ2n) is 4.40. The van der Waals surface area contributed by atoms with Crippen LogP contribution in [0.15, 0.2) is 0 Å². The average molecular weight is 241 g/mol. The lowest BCUT2D eigenvalue weighted by Gasteiger charge is -2.47. The van der Waals surface area contributed by atoms with E-state index in [0.717, 1.165) is 38.9 Å². The SMILES string of the molecule is Cl.NS(=O)(=O)CC12CCN(CC1)CC2. The summed E-state index contributed by atoms with van der Waals surface area (Å²) >= 11 is 0. The molecular formula is C8H17ClN2O2S. The van der Waals surface area contributed by atoms with Crippen molar-refractivity contribution in [1.82, 2.24) is 4.90 Å². The van der Waals surface area contributed by atoms with Crippen molar-refractivity contribution in [2.45, 2.75) is 19.3 Å². The zero-order valence-corrected chi connectivity index (χ0v) is 9.74. The number of nitrogens with zero attached hydrogens (tertiary/aromatic N) is 1. The minimum Gasteiger partial charge on any atom is -0.303 e. The second-order valence-corrected chi connectivity index (χ2v) is 6.01. The first-order valence-electron chi connectivity index (χ1n) is 4.72. The zero-order valence-electron chi connectivity index (χ0n) is 8.11. The fourth-order valence-electron chi connectivity index (χ4n) is 2.54. The van der Waals surface area contributed by atoms with Crippen LogP contribution in [0.1, 0.15) is 19.3 Å². The Morgan fingerprint density at radius 2 is 1.57 bits per heavy atom. The van der Waals surface area contributed by atoms with E-state index in [2.05, 4.69) is 4.90 Å². The fraction of sp³-hybridized carbons (Fsp3) is 1.00. The largest absolute Gasteiger partial charge is 0.303 e. The molecule has 3 fully saturated rings. The molecule has 0 amide bonds. The van der Waals surface area contributed by atoms with Gasteiger partial charge in [0.2, 0.25) is 10.0 Å². The Labute approximate surface area is 91.3 Å². The van der Waals surface area contributed by atoms with Gasteiger partial charge >= 0.3 is 0 Å². The number of nitrogens with two attached hydrogens (primary N) is 1. The second kappa shape index (κ2) is 3.96. The monoisotopic (exact) mass is 240 g/mol. The third kappa shape index (κ3) is 2.59. The van der Waals surface area contributed by atoms with Crippen molar-refractivity contribution >= 4 is 22.4 Å². The molecule has 0 radical (unpaired) electrons. The van der Waals surface area contributed by atoms with Gasteiger partial charge in [-0.3, -0.25) is 0 Å². The van der Waals surface area contributed by atoms with Gasteiger partial charge in [0.25, 0.3) is 0 Å². The summed E-state index contributed by atoms with van der Waals surface area (Å²) < 4.78 is 22.1. The molecule has 3 aliphatic rings. The highest BCUT2D eigenvalue weighted by Crippen LogP contribution is 2.40. The molecule has 0 saturated carbocycles. The summed E-state index contributed by atoms with van der Waals surface area (Å²) in [7, 11) is -3.29. The van der Waals surface area contributed by atoms with Crippen molar-refractivity contribution in [3.05, 3.63) is 0 Å². The lowest BCUT2D eigenvalue weighted by Crippen LogP contribution is -2.51. The first-order valence-corrected chi connectivity index (χ1v) is 6.44. The van der Waals surface area contributed by atoms with E-state index in [4.69, 9.17) is 5.14 Å². The van der Waals surface area contributed by atoms with Gasteiger partial charge in [0.15, 0.2) is 0 Å². The molecule has 0 spiro atoms. The lowest BCUT2D eigenvalue weighted by molar-refractivity contribution is 0.0428.